The molecule has 1 rings (SSSR count). The number of hydrogen-bond acceptors (Lipinski definition) is 3. The van der Waals surface area contributed by atoms with Gasteiger partial charge in [-0.1, -0.05) is 6.92 Å². The Bertz CT molecular complexity index is 448. The minimum atomic E-state index is -1.06. The Morgan fingerprint density at radius 1 is 1.53 bits per heavy atom. The number of aromatic carboxylic acids is 1. The number of carbonyl (C=O) groups is 2. The molecule has 1 aromatic carbocycles. The summed E-state index contributed by atoms with van der Waals surface area (Å²) in [6, 6.07) is 3.96. The summed E-state index contributed by atoms with van der Waals surface area (Å²) < 4.78 is 0.461. The Kier molecular flexibility index (Phi) is 4.65. The molecule has 0 heterocycles. The number of carboxylic acid groups (broad SMARTS) is 1. The van der Waals surface area contributed by atoms with Gasteiger partial charge in [0.05, 0.1) is 11.6 Å². The van der Waals surface area contributed by atoms with Crippen LogP contribution in [0.15, 0.2) is 22.7 Å². The monoisotopic (exact) mass is 300 g/mol. The van der Waals surface area contributed by atoms with Gasteiger partial charge in [0.1, 0.15) is 0 Å². The van der Waals surface area contributed by atoms with Crippen LogP contribution in [0.25, 0.3) is 0 Å². The van der Waals surface area contributed by atoms with E-state index in [9.17, 15) is 9.59 Å². The highest BCUT2D eigenvalue weighted by Gasteiger charge is 2.13. The standard InChI is InChI=1S/C11H13BrN2O3/c1-2-9(13)10(15)14-6-3-4-8(12)7(5-6)11(16)17/h3-5,9H,2,13H2,1H3,(H,14,15)(H,16,17). The molecule has 1 unspecified atom stereocenters. The SMILES string of the molecule is CCC(N)C(=O)Nc1ccc(Br)c(C(=O)O)c1. The number of carboxylic acids is 1. The van der Waals surface area contributed by atoms with E-state index in [1.807, 2.05) is 0 Å². The van der Waals surface area contributed by atoms with Crippen LogP contribution in [0.5, 0.6) is 0 Å². The number of carbonyl (C=O) groups excluding carboxylic acids is 1. The minimum Gasteiger partial charge on any atom is -0.478 e. The molecule has 0 aliphatic heterocycles. The van der Waals surface area contributed by atoms with Gasteiger partial charge in [0.15, 0.2) is 0 Å². The molecule has 0 aromatic heterocycles. The second-order valence-electron chi connectivity index (χ2n) is 3.50. The Balaban J connectivity index is 2.90. The van der Waals surface area contributed by atoms with Gasteiger partial charge in [0, 0.05) is 10.2 Å². The summed E-state index contributed by atoms with van der Waals surface area (Å²) in [6.45, 7) is 1.80. The molecule has 0 saturated heterocycles. The molecule has 0 radical (unpaired) electrons. The van der Waals surface area contributed by atoms with Crippen LogP contribution in [0.3, 0.4) is 0 Å². The van der Waals surface area contributed by atoms with E-state index >= 15 is 0 Å². The first-order chi connectivity index (χ1) is 7.95. The third-order valence-electron chi connectivity index (χ3n) is 2.24. The highest BCUT2D eigenvalue weighted by atomic mass is 79.9. The predicted molar refractivity (Wildman–Crippen MR) is 68.0 cm³/mol. The molecule has 5 nitrogen and oxygen atoms in total. The quantitative estimate of drug-likeness (QED) is 0.791. The van der Waals surface area contributed by atoms with Crippen molar-refractivity contribution in [3.8, 4) is 0 Å². The topological polar surface area (TPSA) is 92.4 Å². The second kappa shape index (κ2) is 5.79. The van der Waals surface area contributed by atoms with Crippen LogP contribution in [0.1, 0.15) is 23.7 Å². The van der Waals surface area contributed by atoms with Gasteiger partial charge in [-0.3, -0.25) is 4.79 Å². The lowest BCUT2D eigenvalue weighted by atomic mass is 10.2. The van der Waals surface area contributed by atoms with Crippen LogP contribution >= 0.6 is 15.9 Å². The number of amides is 1. The van der Waals surface area contributed by atoms with E-state index in [2.05, 4.69) is 21.2 Å². The second-order valence-corrected chi connectivity index (χ2v) is 4.36. The van der Waals surface area contributed by atoms with Crippen LogP contribution in [0.4, 0.5) is 5.69 Å². The summed E-state index contributed by atoms with van der Waals surface area (Å²) in [4.78, 5) is 22.4. The summed E-state index contributed by atoms with van der Waals surface area (Å²) in [5.74, 6) is -1.39. The number of nitrogens with two attached hydrogens (primary N) is 1. The molecule has 0 fully saturated rings. The Morgan fingerprint density at radius 3 is 2.71 bits per heavy atom. The molecule has 0 saturated carbocycles. The van der Waals surface area contributed by atoms with Crippen molar-refractivity contribution < 1.29 is 14.7 Å². The van der Waals surface area contributed by atoms with Crippen LogP contribution < -0.4 is 11.1 Å². The molecule has 17 heavy (non-hydrogen) atoms. The third-order valence-corrected chi connectivity index (χ3v) is 2.93. The summed E-state index contributed by atoms with van der Waals surface area (Å²) in [6.07, 6.45) is 0.522. The molecule has 1 atom stereocenters. The number of anilines is 1. The Hall–Kier alpha value is -1.40. The van der Waals surface area contributed by atoms with Crippen molar-refractivity contribution >= 4 is 33.5 Å². The van der Waals surface area contributed by atoms with E-state index in [0.29, 0.717) is 16.6 Å². The molecule has 0 aliphatic rings. The number of hydrogen-bond donors (Lipinski definition) is 3. The van der Waals surface area contributed by atoms with Gasteiger partial charge in [0.25, 0.3) is 0 Å². The van der Waals surface area contributed by atoms with E-state index in [1.165, 1.54) is 6.07 Å². The van der Waals surface area contributed by atoms with E-state index in [0.717, 1.165) is 0 Å². The Labute approximate surface area is 107 Å². The van der Waals surface area contributed by atoms with Crippen molar-refractivity contribution in [1.82, 2.24) is 0 Å². The fourth-order valence-electron chi connectivity index (χ4n) is 1.19. The summed E-state index contributed by atoms with van der Waals surface area (Å²) >= 11 is 3.12. The van der Waals surface area contributed by atoms with Gasteiger partial charge in [-0.15, -0.1) is 0 Å². The highest BCUT2D eigenvalue weighted by Crippen LogP contribution is 2.21. The van der Waals surface area contributed by atoms with Crippen LogP contribution in [0, 0.1) is 0 Å². The average molecular weight is 301 g/mol. The lowest BCUT2D eigenvalue weighted by molar-refractivity contribution is -0.117. The lowest BCUT2D eigenvalue weighted by Crippen LogP contribution is -2.34. The van der Waals surface area contributed by atoms with Crippen LogP contribution in [-0.2, 0) is 4.79 Å². The molecule has 1 amide bonds. The number of nitrogens with one attached hydrogen (secondary N) is 1. The van der Waals surface area contributed by atoms with Gasteiger partial charge >= 0.3 is 5.97 Å². The zero-order valence-corrected chi connectivity index (χ0v) is 10.8. The molecule has 6 heteroatoms. The van der Waals surface area contributed by atoms with Gasteiger partial charge in [-0.2, -0.15) is 0 Å². The molecule has 0 aliphatic carbocycles. The van der Waals surface area contributed by atoms with Crippen LogP contribution in [0.2, 0.25) is 0 Å². The maximum Gasteiger partial charge on any atom is 0.336 e. The van der Waals surface area contributed by atoms with Gasteiger partial charge in [-0.05, 0) is 40.5 Å². The lowest BCUT2D eigenvalue weighted by Gasteiger charge is -2.10. The maximum absolute atomic E-state index is 11.5. The fourth-order valence-corrected chi connectivity index (χ4v) is 1.60. The summed E-state index contributed by atoms with van der Waals surface area (Å²) in [7, 11) is 0. The number of rotatable bonds is 4. The summed E-state index contributed by atoms with van der Waals surface area (Å²) in [5.41, 5.74) is 6.06. The van der Waals surface area contributed by atoms with Crippen LogP contribution in [-0.4, -0.2) is 23.0 Å². The largest absolute Gasteiger partial charge is 0.478 e. The minimum absolute atomic E-state index is 0.0906. The van der Waals surface area contributed by atoms with Crippen molar-refractivity contribution in [3.05, 3.63) is 28.2 Å². The Morgan fingerprint density at radius 2 is 2.18 bits per heavy atom. The van der Waals surface area contributed by atoms with Crippen molar-refractivity contribution in [2.45, 2.75) is 19.4 Å². The van der Waals surface area contributed by atoms with Gasteiger partial charge in [0.2, 0.25) is 5.91 Å². The van der Waals surface area contributed by atoms with E-state index in [1.54, 1.807) is 19.1 Å². The smallest absolute Gasteiger partial charge is 0.336 e. The summed E-state index contributed by atoms with van der Waals surface area (Å²) in [5, 5.41) is 11.5. The van der Waals surface area contributed by atoms with E-state index < -0.39 is 12.0 Å². The first-order valence-corrected chi connectivity index (χ1v) is 5.84. The van der Waals surface area contributed by atoms with Gasteiger partial charge in [-0.25, -0.2) is 4.79 Å². The molecular weight excluding hydrogens is 288 g/mol. The normalized spacial score (nSPS) is 11.9. The van der Waals surface area contributed by atoms with Crippen molar-refractivity contribution in [2.75, 3.05) is 5.32 Å². The zero-order chi connectivity index (χ0) is 13.0. The molecule has 4 N–H and O–H groups in total. The highest BCUT2D eigenvalue weighted by molar-refractivity contribution is 9.10. The average Bonchev–Trinajstić information content (AvgIpc) is 2.30. The molecular formula is C11H13BrN2O3. The van der Waals surface area contributed by atoms with E-state index in [4.69, 9.17) is 10.8 Å². The molecule has 92 valence electrons. The number of benzene rings is 1. The molecule has 1 aromatic rings. The van der Waals surface area contributed by atoms with Crippen molar-refractivity contribution in [3.63, 3.8) is 0 Å². The predicted octanol–water partition coefficient (Wildman–Crippen LogP) is 1.82. The first kappa shape index (κ1) is 13.7. The first-order valence-electron chi connectivity index (χ1n) is 5.05. The molecule has 0 bridgehead atoms. The zero-order valence-electron chi connectivity index (χ0n) is 9.24. The maximum atomic E-state index is 11.5. The third kappa shape index (κ3) is 3.54. The number of halogens is 1. The van der Waals surface area contributed by atoms with Gasteiger partial charge < -0.3 is 16.2 Å². The van der Waals surface area contributed by atoms with E-state index in [-0.39, 0.29) is 11.5 Å². The van der Waals surface area contributed by atoms with Crippen molar-refractivity contribution in [1.29, 1.82) is 0 Å². The molecule has 0 spiro atoms. The van der Waals surface area contributed by atoms with Crippen molar-refractivity contribution in [2.24, 2.45) is 5.73 Å². The fraction of sp³-hybridized carbons (Fsp3) is 0.273.